The van der Waals surface area contributed by atoms with E-state index >= 15 is 0 Å². The molecule has 0 fully saturated rings. The molecule has 0 radical (unpaired) electrons. The van der Waals surface area contributed by atoms with Crippen molar-refractivity contribution >= 4 is 12.1 Å². The highest BCUT2D eigenvalue weighted by Crippen LogP contribution is 2.29. The van der Waals surface area contributed by atoms with Crippen LogP contribution < -0.4 is 14.9 Å². The summed E-state index contributed by atoms with van der Waals surface area (Å²) in [7, 11) is 0. The molecular formula is C26H22N4O3. The Kier molecular flexibility index (Phi) is 8.16. The van der Waals surface area contributed by atoms with Crippen LogP contribution in [0.25, 0.3) is 0 Å². The van der Waals surface area contributed by atoms with Crippen molar-refractivity contribution in [1.29, 1.82) is 10.5 Å². The van der Waals surface area contributed by atoms with Crippen LogP contribution in [0.15, 0.2) is 77.9 Å². The number of benzene rings is 3. The zero-order valence-corrected chi connectivity index (χ0v) is 18.1. The van der Waals surface area contributed by atoms with Gasteiger partial charge in [0.05, 0.1) is 30.5 Å². The van der Waals surface area contributed by atoms with Gasteiger partial charge in [0.2, 0.25) is 0 Å². The number of nitrogens with one attached hydrogen (secondary N) is 1. The van der Waals surface area contributed by atoms with Crippen molar-refractivity contribution in [2.75, 3.05) is 6.61 Å². The largest absolute Gasteiger partial charge is 0.490 e. The van der Waals surface area contributed by atoms with Crippen molar-refractivity contribution in [2.24, 2.45) is 5.10 Å². The van der Waals surface area contributed by atoms with Gasteiger partial charge in [0.25, 0.3) is 5.91 Å². The lowest BCUT2D eigenvalue weighted by Gasteiger charge is -2.13. The summed E-state index contributed by atoms with van der Waals surface area (Å²) in [5, 5.41) is 22.6. The Hall–Kier alpha value is -4.62. The maximum Gasteiger partial charge on any atom is 0.261 e. The monoisotopic (exact) mass is 438 g/mol. The zero-order valence-electron chi connectivity index (χ0n) is 18.1. The van der Waals surface area contributed by atoms with Gasteiger partial charge in [-0.1, -0.05) is 48.5 Å². The number of hydrogen-bond acceptors (Lipinski definition) is 6. The topological polar surface area (TPSA) is 108 Å². The van der Waals surface area contributed by atoms with Crippen LogP contribution in [-0.4, -0.2) is 18.7 Å². The summed E-state index contributed by atoms with van der Waals surface area (Å²) in [6, 6.07) is 25.4. The number of nitrogens with zero attached hydrogens (tertiary/aromatic N) is 3. The second-order valence-electron chi connectivity index (χ2n) is 6.90. The highest BCUT2D eigenvalue weighted by atomic mass is 16.5. The molecule has 0 saturated heterocycles. The van der Waals surface area contributed by atoms with Crippen LogP contribution in [0, 0.1) is 22.7 Å². The molecule has 33 heavy (non-hydrogen) atoms. The molecule has 0 heterocycles. The molecule has 164 valence electrons. The third-order valence-corrected chi connectivity index (χ3v) is 4.70. The maximum atomic E-state index is 12.3. The average Bonchev–Trinajstić information content (AvgIpc) is 2.85. The van der Waals surface area contributed by atoms with E-state index in [0.717, 1.165) is 5.56 Å². The minimum atomic E-state index is -0.950. The van der Waals surface area contributed by atoms with E-state index in [4.69, 9.17) is 9.47 Å². The number of hydrazone groups is 1. The summed E-state index contributed by atoms with van der Waals surface area (Å²) in [4.78, 5) is 12.3. The molecule has 3 rings (SSSR count). The molecule has 0 saturated carbocycles. The molecule has 0 spiro atoms. The summed E-state index contributed by atoms with van der Waals surface area (Å²) < 4.78 is 11.6. The van der Waals surface area contributed by atoms with Gasteiger partial charge in [-0.15, -0.1) is 0 Å². The third-order valence-electron chi connectivity index (χ3n) is 4.70. The summed E-state index contributed by atoms with van der Waals surface area (Å²) in [5.74, 6) is -0.420. The Morgan fingerprint density at radius 3 is 2.52 bits per heavy atom. The number of amides is 1. The van der Waals surface area contributed by atoms with Crippen molar-refractivity contribution in [1.82, 2.24) is 5.43 Å². The average molecular weight is 438 g/mol. The Bertz CT molecular complexity index is 1210. The van der Waals surface area contributed by atoms with Crippen molar-refractivity contribution in [3.8, 4) is 23.6 Å². The molecular weight excluding hydrogens is 416 g/mol. The Morgan fingerprint density at radius 2 is 1.79 bits per heavy atom. The molecule has 0 aliphatic carbocycles. The minimum absolute atomic E-state index is 0.225. The molecule has 0 aliphatic rings. The van der Waals surface area contributed by atoms with Gasteiger partial charge in [-0.05, 0) is 42.3 Å². The van der Waals surface area contributed by atoms with Crippen molar-refractivity contribution < 1.29 is 14.3 Å². The van der Waals surface area contributed by atoms with Gasteiger partial charge in [-0.2, -0.15) is 15.6 Å². The standard InChI is InChI=1S/C26H22N4O3/c1-2-32-25-14-19(12-13-24(25)33-18-22-11-7-6-10-21(22)15-27)17-29-30-26(31)23(16-28)20-8-4-3-5-9-20/h3-14,17,23H,2,18H2,1H3,(H,30,31)/b29-17-/t23-/m0/s1. The minimum Gasteiger partial charge on any atom is -0.490 e. The molecule has 3 aromatic carbocycles. The van der Waals surface area contributed by atoms with Crippen molar-refractivity contribution in [3.63, 3.8) is 0 Å². The number of rotatable bonds is 9. The molecule has 7 nitrogen and oxygen atoms in total. The highest BCUT2D eigenvalue weighted by Gasteiger charge is 2.19. The van der Waals surface area contributed by atoms with Crippen LogP contribution in [0.2, 0.25) is 0 Å². The summed E-state index contributed by atoms with van der Waals surface area (Å²) in [5.41, 5.74) is 5.03. The van der Waals surface area contributed by atoms with Crippen LogP contribution in [0.1, 0.15) is 35.1 Å². The first-order chi connectivity index (χ1) is 16.2. The van der Waals surface area contributed by atoms with Gasteiger partial charge in [0.1, 0.15) is 6.61 Å². The zero-order chi connectivity index (χ0) is 23.5. The van der Waals surface area contributed by atoms with E-state index in [-0.39, 0.29) is 6.61 Å². The normalized spacial score (nSPS) is 11.2. The molecule has 0 unspecified atom stereocenters. The molecule has 1 atom stereocenters. The number of carbonyl (C=O) groups excluding carboxylic acids is 1. The Labute approximate surface area is 192 Å². The fourth-order valence-electron chi connectivity index (χ4n) is 3.07. The summed E-state index contributed by atoms with van der Waals surface area (Å²) in [6.07, 6.45) is 1.47. The fraction of sp³-hybridized carbons (Fsp3) is 0.154. The van der Waals surface area contributed by atoms with Crippen molar-refractivity contribution in [2.45, 2.75) is 19.4 Å². The summed E-state index contributed by atoms with van der Waals surface area (Å²) >= 11 is 0. The highest BCUT2D eigenvalue weighted by molar-refractivity contribution is 5.88. The number of nitriles is 2. The van der Waals surface area contributed by atoms with Crippen LogP contribution >= 0.6 is 0 Å². The first-order valence-electron chi connectivity index (χ1n) is 10.3. The number of carbonyl (C=O) groups is 1. The van der Waals surface area contributed by atoms with Crippen LogP contribution in [0.4, 0.5) is 0 Å². The first-order valence-corrected chi connectivity index (χ1v) is 10.3. The van der Waals surface area contributed by atoms with E-state index in [0.29, 0.717) is 34.8 Å². The van der Waals surface area contributed by atoms with E-state index < -0.39 is 11.8 Å². The second-order valence-corrected chi connectivity index (χ2v) is 6.90. The lowest BCUT2D eigenvalue weighted by molar-refractivity contribution is -0.121. The Balaban J connectivity index is 1.68. The quantitative estimate of drug-likeness (QED) is 0.396. The molecule has 0 aliphatic heterocycles. The van der Waals surface area contributed by atoms with Gasteiger partial charge < -0.3 is 9.47 Å². The third kappa shape index (κ3) is 6.19. The number of hydrogen-bond donors (Lipinski definition) is 1. The van der Waals surface area contributed by atoms with Crippen LogP contribution in [-0.2, 0) is 11.4 Å². The van der Waals surface area contributed by atoms with E-state index in [1.807, 2.05) is 31.2 Å². The molecule has 0 bridgehead atoms. The molecule has 0 aromatic heterocycles. The fourth-order valence-corrected chi connectivity index (χ4v) is 3.07. The lowest BCUT2D eigenvalue weighted by Crippen LogP contribution is -2.24. The van der Waals surface area contributed by atoms with E-state index in [9.17, 15) is 15.3 Å². The number of ether oxygens (including phenoxy) is 2. The van der Waals surface area contributed by atoms with E-state index in [2.05, 4.69) is 16.6 Å². The first kappa shape index (κ1) is 23.1. The van der Waals surface area contributed by atoms with Gasteiger partial charge >= 0.3 is 0 Å². The SMILES string of the molecule is CCOc1cc(/C=N\NC(=O)[C@@H](C#N)c2ccccc2)ccc1OCc1ccccc1C#N. The Morgan fingerprint density at radius 1 is 1.03 bits per heavy atom. The second kappa shape index (κ2) is 11.7. The molecule has 1 N–H and O–H groups in total. The van der Waals surface area contributed by atoms with E-state index in [1.165, 1.54) is 6.21 Å². The van der Waals surface area contributed by atoms with Gasteiger partial charge in [0.15, 0.2) is 17.4 Å². The smallest absolute Gasteiger partial charge is 0.261 e. The lowest BCUT2D eigenvalue weighted by atomic mass is 10.0. The van der Waals surface area contributed by atoms with E-state index in [1.54, 1.807) is 54.6 Å². The molecule has 3 aromatic rings. The van der Waals surface area contributed by atoms with Gasteiger partial charge in [-0.25, -0.2) is 5.43 Å². The molecule has 7 heteroatoms. The molecule has 1 amide bonds. The predicted molar refractivity (Wildman–Crippen MR) is 124 cm³/mol. The van der Waals surface area contributed by atoms with Crippen molar-refractivity contribution in [3.05, 3.63) is 95.1 Å². The van der Waals surface area contributed by atoms with Crippen LogP contribution in [0.3, 0.4) is 0 Å². The predicted octanol–water partition coefficient (Wildman–Crippen LogP) is 4.29. The van der Waals surface area contributed by atoms with Crippen LogP contribution in [0.5, 0.6) is 11.5 Å². The maximum absolute atomic E-state index is 12.3. The summed E-state index contributed by atoms with van der Waals surface area (Å²) in [6.45, 7) is 2.52. The van der Waals surface area contributed by atoms with Gasteiger partial charge in [0, 0.05) is 5.56 Å². The van der Waals surface area contributed by atoms with Gasteiger partial charge in [-0.3, -0.25) is 4.79 Å².